The Morgan fingerprint density at radius 1 is 1.00 bits per heavy atom. The SMILES string of the molecule is O=S(=O)(c1ccc(Br)cc1)N1CCN=C1SCc1ccc(Br)cc1. The lowest BCUT2D eigenvalue weighted by molar-refractivity contribution is 0.540. The van der Waals surface area contributed by atoms with Crippen LogP contribution in [0.4, 0.5) is 0 Å². The summed E-state index contributed by atoms with van der Waals surface area (Å²) in [6.07, 6.45) is 0. The first kappa shape index (κ1) is 18.0. The van der Waals surface area contributed by atoms with Crippen molar-refractivity contribution in [1.29, 1.82) is 0 Å². The molecule has 3 rings (SSSR count). The van der Waals surface area contributed by atoms with Gasteiger partial charge >= 0.3 is 0 Å². The fourth-order valence-corrected chi connectivity index (χ4v) is 5.42. The highest BCUT2D eigenvalue weighted by molar-refractivity contribution is 9.10. The fourth-order valence-electron chi connectivity index (χ4n) is 2.21. The Morgan fingerprint density at radius 3 is 2.21 bits per heavy atom. The van der Waals surface area contributed by atoms with Crippen LogP contribution in [0, 0.1) is 0 Å². The predicted molar refractivity (Wildman–Crippen MR) is 106 cm³/mol. The van der Waals surface area contributed by atoms with Gasteiger partial charge in [-0.1, -0.05) is 55.8 Å². The number of halogens is 2. The Kier molecular flexibility index (Phi) is 5.69. The minimum absolute atomic E-state index is 0.282. The standard InChI is InChI=1S/C16H14Br2N2O2S2/c17-13-3-1-12(2-4-13)11-23-16-19-9-10-20(16)24(21,22)15-7-5-14(18)6-8-15/h1-8H,9-11H2. The maximum atomic E-state index is 12.8. The molecule has 0 fully saturated rings. The van der Waals surface area contributed by atoms with E-state index in [1.165, 1.54) is 16.1 Å². The molecule has 0 atom stereocenters. The molecule has 0 bridgehead atoms. The van der Waals surface area contributed by atoms with E-state index in [1.807, 2.05) is 24.3 Å². The Hall–Kier alpha value is -0.830. The highest BCUT2D eigenvalue weighted by atomic mass is 79.9. The van der Waals surface area contributed by atoms with Crippen molar-refractivity contribution in [2.24, 2.45) is 4.99 Å². The highest BCUT2D eigenvalue weighted by Crippen LogP contribution is 2.26. The number of hydrogen-bond acceptors (Lipinski definition) is 4. The summed E-state index contributed by atoms with van der Waals surface area (Å²) in [5.41, 5.74) is 1.12. The van der Waals surface area contributed by atoms with Gasteiger partial charge in [0, 0.05) is 14.7 Å². The minimum Gasteiger partial charge on any atom is -0.260 e. The second-order valence-electron chi connectivity index (χ2n) is 5.11. The van der Waals surface area contributed by atoms with Crippen LogP contribution in [-0.2, 0) is 15.8 Å². The average molecular weight is 490 g/mol. The highest BCUT2D eigenvalue weighted by Gasteiger charge is 2.30. The largest absolute Gasteiger partial charge is 0.265 e. The van der Waals surface area contributed by atoms with Crippen molar-refractivity contribution in [3.63, 3.8) is 0 Å². The molecule has 0 aliphatic carbocycles. The summed E-state index contributed by atoms with van der Waals surface area (Å²) < 4.78 is 28.9. The van der Waals surface area contributed by atoms with Gasteiger partial charge in [0.05, 0.1) is 18.0 Å². The molecule has 1 aliphatic rings. The minimum atomic E-state index is -3.56. The second kappa shape index (κ2) is 7.59. The number of thioether (sulfide) groups is 1. The molecule has 1 heterocycles. The smallest absolute Gasteiger partial charge is 0.260 e. The van der Waals surface area contributed by atoms with E-state index in [4.69, 9.17) is 0 Å². The molecule has 8 heteroatoms. The number of rotatable bonds is 4. The lowest BCUT2D eigenvalue weighted by Crippen LogP contribution is -2.32. The number of aliphatic imine (C=N–C) groups is 1. The second-order valence-corrected chi connectivity index (χ2v) is 9.75. The van der Waals surface area contributed by atoms with Gasteiger partial charge in [-0.05, 0) is 42.0 Å². The number of benzene rings is 2. The van der Waals surface area contributed by atoms with E-state index in [-0.39, 0.29) is 4.90 Å². The van der Waals surface area contributed by atoms with Crippen LogP contribution in [0.1, 0.15) is 5.56 Å². The molecular weight excluding hydrogens is 476 g/mol. The molecule has 126 valence electrons. The third kappa shape index (κ3) is 4.04. The molecule has 1 aliphatic heterocycles. The summed E-state index contributed by atoms with van der Waals surface area (Å²) in [7, 11) is -3.56. The van der Waals surface area contributed by atoms with Crippen molar-refractivity contribution in [3.05, 3.63) is 63.0 Å². The van der Waals surface area contributed by atoms with Crippen LogP contribution in [0.15, 0.2) is 67.4 Å². The molecule has 2 aromatic rings. The van der Waals surface area contributed by atoms with Crippen molar-refractivity contribution >= 4 is 58.8 Å². The van der Waals surface area contributed by atoms with Crippen LogP contribution in [-0.4, -0.2) is 31.0 Å². The van der Waals surface area contributed by atoms with Crippen LogP contribution in [0.5, 0.6) is 0 Å². The van der Waals surface area contributed by atoms with Crippen molar-refractivity contribution in [3.8, 4) is 0 Å². The Bertz CT molecular complexity index is 851. The maximum Gasteiger partial charge on any atom is 0.265 e. The van der Waals surface area contributed by atoms with Crippen molar-refractivity contribution in [2.45, 2.75) is 10.6 Å². The zero-order chi connectivity index (χ0) is 17.2. The number of amidine groups is 1. The molecule has 0 unspecified atom stereocenters. The first-order chi connectivity index (χ1) is 11.5. The lowest BCUT2D eigenvalue weighted by atomic mass is 10.2. The van der Waals surface area contributed by atoms with Crippen molar-refractivity contribution < 1.29 is 8.42 Å². The van der Waals surface area contributed by atoms with Gasteiger partial charge in [-0.25, -0.2) is 12.7 Å². The van der Waals surface area contributed by atoms with Gasteiger partial charge in [-0.2, -0.15) is 0 Å². The van der Waals surface area contributed by atoms with E-state index in [9.17, 15) is 8.42 Å². The summed E-state index contributed by atoms with van der Waals surface area (Å²) in [5, 5.41) is 0.556. The monoisotopic (exact) mass is 488 g/mol. The summed E-state index contributed by atoms with van der Waals surface area (Å²) in [4.78, 5) is 4.65. The molecular formula is C16H14Br2N2O2S2. The number of sulfonamides is 1. The molecule has 0 radical (unpaired) electrons. The average Bonchev–Trinajstić information content (AvgIpc) is 3.04. The van der Waals surface area contributed by atoms with Gasteiger partial charge in [0.25, 0.3) is 10.0 Å². The molecule has 24 heavy (non-hydrogen) atoms. The van der Waals surface area contributed by atoms with E-state index < -0.39 is 10.0 Å². The normalized spacial score (nSPS) is 14.8. The fraction of sp³-hybridized carbons (Fsp3) is 0.188. The maximum absolute atomic E-state index is 12.8. The third-order valence-corrected chi connectivity index (χ3v) is 7.51. The quantitative estimate of drug-likeness (QED) is 0.635. The van der Waals surface area contributed by atoms with Crippen LogP contribution < -0.4 is 0 Å². The van der Waals surface area contributed by atoms with Gasteiger partial charge < -0.3 is 0 Å². The summed E-state index contributed by atoms with van der Waals surface area (Å²) in [6.45, 7) is 0.888. The van der Waals surface area contributed by atoms with E-state index in [0.29, 0.717) is 24.0 Å². The van der Waals surface area contributed by atoms with Crippen LogP contribution >= 0.6 is 43.6 Å². The first-order valence-corrected chi connectivity index (χ1v) is 11.2. The van der Waals surface area contributed by atoms with Crippen LogP contribution in [0.2, 0.25) is 0 Å². The Morgan fingerprint density at radius 2 is 1.58 bits per heavy atom. The van der Waals surface area contributed by atoms with E-state index >= 15 is 0 Å². The van der Waals surface area contributed by atoms with E-state index in [0.717, 1.165) is 14.5 Å². The van der Waals surface area contributed by atoms with Crippen LogP contribution in [0.25, 0.3) is 0 Å². The summed E-state index contributed by atoms with van der Waals surface area (Å²) in [6, 6.07) is 14.7. The van der Waals surface area contributed by atoms with Gasteiger partial charge in [0.15, 0.2) is 5.17 Å². The Labute approximate surface area is 162 Å². The van der Waals surface area contributed by atoms with Gasteiger partial charge in [-0.15, -0.1) is 0 Å². The van der Waals surface area contributed by atoms with Crippen molar-refractivity contribution in [2.75, 3.05) is 13.1 Å². The van der Waals surface area contributed by atoms with E-state index in [1.54, 1.807) is 24.3 Å². The zero-order valence-electron chi connectivity index (χ0n) is 12.5. The Balaban J connectivity index is 1.75. The predicted octanol–water partition coefficient (Wildman–Crippen LogP) is 4.51. The molecule has 0 N–H and O–H groups in total. The molecule has 0 aromatic heterocycles. The zero-order valence-corrected chi connectivity index (χ0v) is 17.3. The third-order valence-electron chi connectivity index (χ3n) is 3.45. The molecule has 0 saturated carbocycles. The van der Waals surface area contributed by atoms with Crippen LogP contribution in [0.3, 0.4) is 0 Å². The molecule has 2 aromatic carbocycles. The van der Waals surface area contributed by atoms with Crippen molar-refractivity contribution in [1.82, 2.24) is 4.31 Å². The lowest BCUT2D eigenvalue weighted by Gasteiger charge is -2.20. The van der Waals surface area contributed by atoms with Gasteiger partial charge in [-0.3, -0.25) is 4.99 Å². The molecule has 0 saturated heterocycles. The summed E-state index contributed by atoms with van der Waals surface area (Å²) >= 11 is 8.18. The molecule has 0 spiro atoms. The topological polar surface area (TPSA) is 49.7 Å². The summed E-state index contributed by atoms with van der Waals surface area (Å²) in [5.74, 6) is 0.679. The van der Waals surface area contributed by atoms with Gasteiger partial charge in [0.2, 0.25) is 0 Å². The van der Waals surface area contributed by atoms with Gasteiger partial charge in [0.1, 0.15) is 0 Å². The number of nitrogens with zero attached hydrogens (tertiary/aromatic N) is 2. The number of hydrogen-bond donors (Lipinski definition) is 0. The molecule has 0 amide bonds. The van der Waals surface area contributed by atoms with E-state index in [2.05, 4.69) is 36.9 Å². The first-order valence-electron chi connectivity index (χ1n) is 7.17. The molecule has 4 nitrogen and oxygen atoms in total.